The molecule has 16 heavy (non-hydrogen) atoms. The number of hydrogen-bond acceptors (Lipinski definition) is 3. The summed E-state index contributed by atoms with van der Waals surface area (Å²) in [4.78, 5) is -0.297. The van der Waals surface area contributed by atoms with Crippen LogP contribution in [0.3, 0.4) is 0 Å². The summed E-state index contributed by atoms with van der Waals surface area (Å²) in [5.41, 5.74) is 0.357. The molecule has 0 aliphatic carbocycles. The van der Waals surface area contributed by atoms with Crippen LogP contribution in [0.2, 0.25) is 0 Å². The number of rotatable bonds is 4. The summed E-state index contributed by atoms with van der Waals surface area (Å²) in [5.74, 6) is 0.160. The number of alkyl halides is 2. The molecule has 0 aromatic heterocycles. The molecule has 1 N–H and O–H groups in total. The number of benzene rings is 1. The van der Waals surface area contributed by atoms with Gasteiger partial charge in [0, 0.05) is 0 Å². The lowest BCUT2D eigenvalue weighted by Gasteiger charge is -2.09. The van der Waals surface area contributed by atoms with Crippen molar-refractivity contribution in [1.29, 1.82) is 0 Å². The second-order valence-electron chi connectivity index (χ2n) is 3.10. The Morgan fingerprint density at radius 3 is 2.50 bits per heavy atom. The van der Waals surface area contributed by atoms with Crippen molar-refractivity contribution >= 4 is 10.1 Å². The molecule has 0 spiro atoms. The SMILES string of the molecule is Cc1cc(S(=O)(=O)O)ccc1OCC(F)F. The fraction of sp³-hybridized carbons (Fsp3) is 0.333. The molecule has 0 heterocycles. The first-order valence-electron chi connectivity index (χ1n) is 4.30. The molecule has 0 unspecified atom stereocenters. The van der Waals surface area contributed by atoms with Crippen LogP contribution in [0.1, 0.15) is 5.56 Å². The fourth-order valence-electron chi connectivity index (χ4n) is 1.10. The van der Waals surface area contributed by atoms with Crippen LogP contribution in [0.4, 0.5) is 8.78 Å². The van der Waals surface area contributed by atoms with Gasteiger partial charge in [-0.05, 0) is 30.7 Å². The van der Waals surface area contributed by atoms with Crippen LogP contribution in [-0.2, 0) is 10.1 Å². The van der Waals surface area contributed by atoms with Crippen molar-refractivity contribution in [1.82, 2.24) is 0 Å². The minimum absolute atomic E-state index is 0.160. The molecule has 0 fully saturated rings. The molecule has 0 bridgehead atoms. The summed E-state index contributed by atoms with van der Waals surface area (Å²) in [7, 11) is -4.28. The predicted molar refractivity (Wildman–Crippen MR) is 52.5 cm³/mol. The highest BCUT2D eigenvalue weighted by molar-refractivity contribution is 7.85. The summed E-state index contributed by atoms with van der Waals surface area (Å²) < 4.78 is 58.7. The van der Waals surface area contributed by atoms with Gasteiger partial charge < -0.3 is 4.74 Å². The zero-order valence-electron chi connectivity index (χ0n) is 8.35. The van der Waals surface area contributed by atoms with E-state index in [1.807, 2.05) is 0 Å². The molecule has 90 valence electrons. The molecule has 1 aromatic carbocycles. The van der Waals surface area contributed by atoms with Crippen LogP contribution in [0.25, 0.3) is 0 Å². The Morgan fingerprint density at radius 1 is 1.44 bits per heavy atom. The van der Waals surface area contributed by atoms with E-state index in [1.54, 1.807) is 0 Å². The van der Waals surface area contributed by atoms with Crippen LogP contribution in [-0.4, -0.2) is 26.0 Å². The zero-order chi connectivity index (χ0) is 12.3. The first-order valence-corrected chi connectivity index (χ1v) is 5.74. The lowest BCUT2D eigenvalue weighted by atomic mass is 10.2. The standard InChI is InChI=1S/C9H10F2O4S/c1-6-4-7(16(12,13)14)2-3-8(6)15-5-9(10)11/h2-4,9H,5H2,1H3,(H,12,13,14). The third kappa shape index (κ3) is 3.42. The van der Waals surface area contributed by atoms with Gasteiger partial charge in [0.05, 0.1) is 4.90 Å². The van der Waals surface area contributed by atoms with E-state index in [0.29, 0.717) is 5.56 Å². The molecular weight excluding hydrogens is 242 g/mol. The summed E-state index contributed by atoms with van der Waals surface area (Å²) in [6.07, 6.45) is -2.60. The van der Waals surface area contributed by atoms with Gasteiger partial charge in [-0.25, -0.2) is 8.78 Å². The van der Waals surface area contributed by atoms with Crippen LogP contribution in [0, 0.1) is 6.92 Å². The van der Waals surface area contributed by atoms with E-state index >= 15 is 0 Å². The lowest BCUT2D eigenvalue weighted by molar-refractivity contribution is 0.0815. The third-order valence-electron chi connectivity index (χ3n) is 1.81. The summed E-state index contributed by atoms with van der Waals surface area (Å²) in [6, 6.07) is 3.46. The molecule has 0 aliphatic heterocycles. The van der Waals surface area contributed by atoms with Crippen LogP contribution >= 0.6 is 0 Å². The molecule has 7 heteroatoms. The van der Waals surface area contributed by atoms with Crippen molar-refractivity contribution in [3.8, 4) is 5.75 Å². The average molecular weight is 252 g/mol. The first-order chi connectivity index (χ1) is 7.30. The Labute approximate surface area is 91.6 Å². The Morgan fingerprint density at radius 2 is 2.06 bits per heavy atom. The van der Waals surface area contributed by atoms with E-state index in [1.165, 1.54) is 13.0 Å². The highest BCUT2D eigenvalue weighted by atomic mass is 32.2. The Bertz CT molecular complexity index is 470. The highest BCUT2D eigenvalue weighted by Gasteiger charge is 2.12. The Balaban J connectivity index is 2.92. The molecule has 1 rings (SSSR count). The van der Waals surface area contributed by atoms with E-state index in [9.17, 15) is 17.2 Å². The number of halogens is 2. The maximum Gasteiger partial charge on any atom is 0.294 e. The van der Waals surface area contributed by atoms with Crippen molar-refractivity contribution in [2.75, 3.05) is 6.61 Å². The van der Waals surface area contributed by atoms with E-state index in [0.717, 1.165) is 12.1 Å². The molecule has 4 nitrogen and oxygen atoms in total. The molecule has 0 saturated carbocycles. The van der Waals surface area contributed by atoms with Crippen molar-refractivity contribution in [3.05, 3.63) is 23.8 Å². The molecule has 0 saturated heterocycles. The minimum atomic E-state index is -4.28. The maximum absolute atomic E-state index is 11.9. The predicted octanol–water partition coefficient (Wildman–Crippen LogP) is 1.89. The molecular formula is C9H10F2O4S. The van der Waals surface area contributed by atoms with Crippen molar-refractivity contribution in [3.63, 3.8) is 0 Å². The van der Waals surface area contributed by atoms with Gasteiger partial charge in [-0.1, -0.05) is 0 Å². The van der Waals surface area contributed by atoms with Gasteiger partial charge in [-0.15, -0.1) is 0 Å². The maximum atomic E-state index is 11.9. The summed E-state index contributed by atoms with van der Waals surface area (Å²) in [6.45, 7) is 0.738. The smallest absolute Gasteiger partial charge is 0.294 e. The molecule has 0 radical (unpaired) electrons. The molecule has 1 aromatic rings. The van der Waals surface area contributed by atoms with Gasteiger partial charge >= 0.3 is 0 Å². The fourth-order valence-corrected chi connectivity index (χ4v) is 1.66. The second-order valence-corrected chi connectivity index (χ2v) is 4.53. The highest BCUT2D eigenvalue weighted by Crippen LogP contribution is 2.21. The van der Waals surface area contributed by atoms with Gasteiger partial charge in [0.25, 0.3) is 16.5 Å². The van der Waals surface area contributed by atoms with Crippen molar-refractivity contribution < 1.29 is 26.5 Å². The molecule has 0 atom stereocenters. The molecule has 0 amide bonds. The van der Waals surface area contributed by atoms with E-state index in [2.05, 4.69) is 0 Å². The topological polar surface area (TPSA) is 63.6 Å². The molecule has 0 aliphatic rings. The quantitative estimate of drug-likeness (QED) is 0.831. The van der Waals surface area contributed by atoms with Crippen molar-refractivity contribution in [2.24, 2.45) is 0 Å². The second kappa shape index (κ2) is 4.75. The minimum Gasteiger partial charge on any atom is -0.487 e. The monoisotopic (exact) mass is 252 g/mol. The van der Waals surface area contributed by atoms with Gasteiger partial charge in [-0.3, -0.25) is 4.55 Å². The van der Waals surface area contributed by atoms with Gasteiger partial charge in [0.2, 0.25) is 0 Å². The summed E-state index contributed by atoms with van der Waals surface area (Å²) >= 11 is 0. The van der Waals surface area contributed by atoms with Crippen LogP contribution < -0.4 is 4.74 Å². The largest absolute Gasteiger partial charge is 0.487 e. The number of aryl methyl sites for hydroxylation is 1. The van der Waals surface area contributed by atoms with Gasteiger partial charge in [-0.2, -0.15) is 8.42 Å². The first kappa shape index (κ1) is 12.9. The van der Waals surface area contributed by atoms with E-state index in [-0.39, 0.29) is 10.6 Å². The number of hydrogen-bond donors (Lipinski definition) is 1. The van der Waals surface area contributed by atoms with Crippen LogP contribution in [0.15, 0.2) is 23.1 Å². The normalized spacial score (nSPS) is 11.8. The van der Waals surface area contributed by atoms with E-state index in [4.69, 9.17) is 9.29 Å². The average Bonchev–Trinajstić information content (AvgIpc) is 2.14. The van der Waals surface area contributed by atoms with E-state index < -0.39 is 23.2 Å². The third-order valence-corrected chi connectivity index (χ3v) is 2.66. The van der Waals surface area contributed by atoms with Gasteiger partial charge in [0.1, 0.15) is 12.4 Å². The Hall–Kier alpha value is -1.21. The Kier molecular flexibility index (Phi) is 3.82. The zero-order valence-corrected chi connectivity index (χ0v) is 9.17. The lowest BCUT2D eigenvalue weighted by Crippen LogP contribution is -2.08. The summed E-state index contributed by atoms with van der Waals surface area (Å²) in [5, 5.41) is 0. The van der Waals surface area contributed by atoms with Crippen LogP contribution in [0.5, 0.6) is 5.75 Å². The number of ether oxygens (including phenoxy) is 1. The van der Waals surface area contributed by atoms with Gasteiger partial charge in [0.15, 0.2) is 0 Å². The van der Waals surface area contributed by atoms with Crippen molar-refractivity contribution in [2.45, 2.75) is 18.2 Å².